The van der Waals surface area contributed by atoms with E-state index >= 15 is 0 Å². The molecule has 128 valence electrons. The topological polar surface area (TPSA) is 78.8 Å². The Balaban J connectivity index is 0.00000312. The Morgan fingerprint density at radius 1 is 1.24 bits per heavy atom. The predicted octanol–water partition coefficient (Wildman–Crippen LogP) is -0.852. The number of hydrogen-bond acceptors (Lipinski definition) is 5. The smallest absolute Gasteiger partial charge is 0.549 e. The van der Waals surface area contributed by atoms with Crippen LogP contribution in [0.3, 0.4) is 0 Å². The minimum Gasteiger partial charge on any atom is -0.549 e. The van der Waals surface area contributed by atoms with Crippen LogP contribution in [0.4, 0.5) is 0 Å². The van der Waals surface area contributed by atoms with Crippen molar-refractivity contribution in [1.82, 2.24) is 0 Å². The van der Waals surface area contributed by atoms with E-state index in [0.29, 0.717) is 28.7 Å². The molecular formula is C18H18ClNaO5. The third-order valence-corrected chi connectivity index (χ3v) is 3.81. The Morgan fingerprint density at radius 2 is 2.00 bits per heavy atom. The molecule has 0 amide bonds. The van der Waals surface area contributed by atoms with Crippen LogP contribution < -0.4 is 44.1 Å². The van der Waals surface area contributed by atoms with Gasteiger partial charge in [-0.3, -0.25) is 0 Å². The Hall–Kier alpha value is -1.24. The van der Waals surface area contributed by atoms with E-state index in [0.717, 1.165) is 5.56 Å². The van der Waals surface area contributed by atoms with Gasteiger partial charge in [-0.1, -0.05) is 29.8 Å². The number of carboxylic acids is 1. The van der Waals surface area contributed by atoms with Gasteiger partial charge in [0.05, 0.1) is 7.11 Å². The number of carbonyl (C=O) groups is 1. The summed E-state index contributed by atoms with van der Waals surface area (Å²) in [5, 5.41) is 20.8. The van der Waals surface area contributed by atoms with Crippen molar-refractivity contribution in [3.63, 3.8) is 0 Å². The monoisotopic (exact) mass is 372 g/mol. The molecular weight excluding hydrogens is 355 g/mol. The second-order valence-corrected chi connectivity index (χ2v) is 5.65. The van der Waals surface area contributed by atoms with Crippen LogP contribution in [0.5, 0.6) is 11.5 Å². The zero-order valence-corrected chi connectivity index (χ0v) is 17.0. The van der Waals surface area contributed by atoms with Gasteiger partial charge >= 0.3 is 29.6 Å². The van der Waals surface area contributed by atoms with Gasteiger partial charge in [-0.15, -0.1) is 0 Å². The molecule has 2 rings (SSSR count). The van der Waals surface area contributed by atoms with Gasteiger partial charge in [0.1, 0.15) is 6.61 Å². The maximum atomic E-state index is 11.2. The molecule has 0 aromatic heterocycles. The number of hydrogen-bond donors (Lipinski definition) is 1. The molecule has 1 atom stereocenters. The Morgan fingerprint density at radius 3 is 2.60 bits per heavy atom. The molecule has 2 aromatic rings. The Labute approximate surface area is 173 Å². The fourth-order valence-corrected chi connectivity index (χ4v) is 2.57. The summed E-state index contributed by atoms with van der Waals surface area (Å²) in [6.07, 6.45) is 0.0776. The minimum atomic E-state index is -1.24. The molecule has 0 heterocycles. The summed E-state index contributed by atoms with van der Waals surface area (Å²) in [6, 6.07) is 12.2. The molecule has 0 saturated heterocycles. The van der Waals surface area contributed by atoms with E-state index in [1.807, 2.05) is 12.1 Å². The molecule has 0 aliphatic carbocycles. The molecule has 0 fully saturated rings. The van der Waals surface area contributed by atoms with Crippen molar-refractivity contribution in [3.05, 3.63) is 58.6 Å². The van der Waals surface area contributed by atoms with Crippen LogP contribution in [0.25, 0.3) is 0 Å². The number of aliphatic hydroxyl groups is 1. The molecule has 0 bridgehead atoms. The largest absolute Gasteiger partial charge is 1.00 e. The van der Waals surface area contributed by atoms with Crippen molar-refractivity contribution in [2.24, 2.45) is 0 Å². The second-order valence-electron chi connectivity index (χ2n) is 5.21. The number of carbonyl (C=O) groups excluding carboxylic acids is 1. The predicted molar refractivity (Wildman–Crippen MR) is 88.2 cm³/mol. The van der Waals surface area contributed by atoms with Crippen molar-refractivity contribution in [2.45, 2.75) is 18.9 Å². The summed E-state index contributed by atoms with van der Waals surface area (Å²) in [6.45, 7) is 0.0603. The van der Waals surface area contributed by atoms with Crippen molar-refractivity contribution < 1.29 is 54.0 Å². The fourth-order valence-electron chi connectivity index (χ4n) is 2.36. The standard InChI is InChI=1S/C18H19ClO5.Na/c1-23-17-10-13(15(7-8-20)18(21)22)5-6-16(17)24-11-12-3-2-4-14(19)9-12;/h2-6,9-10,15,20H,7-8,11H2,1H3,(H,21,22);/q;+1/p-1. The summed E-state index contributed by atoms with van der Waals surface area (Å²) >= 11 is 5.94. The third kappa shape index (κ3) is 6.20. The summed E-state index contributed by atoms with van der Waals surface area (Å²) in [5.74, 6) is -1.23. The van der Waals surface area contributed by atoms with E-state index in [2.05, 4.69) is 0 Å². The van der Waals surface area contributed by atoms with Gasteiger partial charge < -0.3 is 24.5 Å². The molecule has 0 aliphatic heterocycles. The average Bonchev–Trinajstić information content (AvgIpc) is 2.57. The van der Waals surface area contributed by atoms with Crippen molar-refractivity contribution in [1.29, 1.82) is 0 Å². The Kier molecular flexibility index (Phi) is 9.32. The van der Waals surface area contributed by atoms with Crippen LogP contribution in [-0.4, -0.2) is 24.8 Å². The summed E-state index contributed by atoms with van der Waals surface area (Å²) in [7, 11) is 1.48. The maximum Gasteiger partial charge on any atom is 1.00 e. The first-order valence-corrected chi connectivity index (χ1v) is 7.80. The summed E-state index contributed by atoms with van der Waals surface area (Å²) in [5.41, 5.74) is 1.40. The van der Waals surface area contributed by atoms with Crippen LogP contribution in [0.1, 0.15) is 23.5 Å². The van der Waals surface area contributed by atoms with Gasteiger partial charge in [-0.25, -0.2) is 0 Å². The number of rotatable bonds is 8. The van der Waals surface area contributed by atoms with E-state index in [1.54, 1.807) is 30.3 Å². The van der Waals surface area contributed by atoms with E-state index in [9.17, 15) is 9.90 Å². The fraction of sp³-hybridized carbons (Fsp3) is 0.278. The molecule has 1 N–H and O–H groups in total. The van der Waals surface area contributed by atoms with Gasteiger partial charge in [0.2, 0.25) is 0 Å². The quantitative estimate of drug-likeness (QED) is 0.611. The number of benzene rings is 2. The van der Waals surface area contributed by atoms with Crippen LogP contribution >= 0.6 is 11.6 Å². The van der Waals surface area contributed by atoms with E-state index in [1.165, 1.54) is 7.11 Å². The van der Waals surface area contributed by atoms with Crippen molar-refractivity contribution in [2.75, 3.05) is 13.7 Å². The van der Waals surface area contributed by atoms with Crippen LogP contribution in [0.15, 0.2) is 42.5 Å². The van der Waals surface area contributed by atoms with E-state index in [4.69, 9.17) is 26.2 Å². The van der Waals surface area contributed by atoms with E-state index < -0.39 is 11.9 Å². The molecule has 0 saturated carbocycles. The van der Waals surface area contributed by atoms with Gasteiger partial charge in [0, 0.05) is 23.5 Å². The molecule has 0 radical (unpaired) electrons. The van der Waals surface area contributed by atoms with Crippen LogP contribution in [0, 0.1) is 0 Å². The molecule has 0 spiro atoms. The summed E-state index contributed by atoms with van der Waals surface area (Å²) in [4.78, 5) is 11.2. The van der Waals surface area contributed by atoms with Gasteiger partial charge in [-0.05, 0) is 41.8 Å². The third-order valence-electron chi connectivity index (χ3n) is 3.58. The first-order valence-electron chi connectivity index (χ1n) is 7.42. The molecule has 1 unspecified atom stereocenters. The van der Waals surface area contributed by atoms with Gasteiger partial charge in [-0.2, -0.15) is 0 Å². The number of methoxy groups -OCH3 is 1. The molecule has 25 heavy (non-hydrogen) atoms. The second kappa shape index (κ2) is 10.7. The zero-order valence-electron chi connectivity index (χ0n) is 14.2. The first kappa shape index (κ1) is 21.8. The average molecular weight is 373 g/mol. The number of aliphatic hydroxyl groups excluding tert-OH is 1. The SMILES string of the molecule is COc1cc(C(CCO)C(=O)[O-])ccc1OCc1cccc(Cl)c1.[Na+]. The normalized spacial score (nSPS) is 11.3. The van der Waals surface area contributed by atoms with Crippen molar-refractivity contribution in [3.8, 4) is 11.5 Å². The molecule has 2 aromatic carbocycles. The zero-order chi connectivity index (χ0) is 17.5. The van der Waals surface area contributed by atoms with Crippen LogP contribution in [-0.2, 0) is 11.4 Å². The first-order chi connectivity index (χ1) is 11.5. The van der Waals surface area contributed by atoms with E-state index in [-0.39, 0.29) is 42.6 Å². The van der Waals surface area contributed by atoms with Gasteiger partial charge in [0.15, 0.2) is 11.5 Å². The molecule has 7 heteroatoms. The maximum absolute atomic E-state index is 11.2. The minimum absolute atomic E-state index is 0. The Bertz CT molecular complexity index is 708. The van der Waals surface area contributed by atoms with Crippen molar-refractivity contribution >= 4 is 17.6 Å². The van der Waals surface area contributed by atoms with Crippen LogP contribution in [0.2, 0.25) is 5.02 Å². The summed E-state index contributed by atoms with van der Waals surface area (Å²) < 4.78 is 11.0. The molecule has 5 nitrogen and oxygen atoms in total. The number of ether oxygens (including phenoxy) is 2. The molecule has 0 aliphatic rings. The number of carboxylic acid groups (broad SMARTS) is 1. The number of aliphatic carboxylic acids is 1. The number of halogens is 1. The van der Waals surface area contributed by atoms with Gasteiger partial charge in [0.25, 0.3) is 0 Å².